The maximum absolute atomic E-state index is 14.1. The molecule has 0 spiro atoms. The van der Waals surface area contributed by atoms with Gasteiger partial charge >= 0.3 is 0 Å². The number of halogens is 2. The van der Waals surface area contributed by atoms with Crippen molar-refractivity contribution in [2.75, 3.05) is 14.1 Å². The van der Waals surface area contributed by atoms with E-state index in [0.29, 0.717) is 12.0 Å². The van der Waals surface area contributed by atoms with Crippen molar-refractivity contribution < 1.29 is 4.39 Å². The Balaban J connectivity index is 2.26. The molecule has 1 aliphatic carbocycles. The number of benzene rings is 1. The Morgan fingerprint density at radius 2 is 2.05 bits per heavy atom. The monoisotopic (exact) mass is 299 g/mol. The highest BCUT2D eigenvalue weighted by molar-refractivity contribution is 6.30. The van der Waals surface area contributed by atoms with E-state index in [1.165, 1.54) is 12.8 Å². The van der Waals surface area contributed by atoms with Crippen LogP contribution in [0.3, 0.4) is 0 Å². The van der Waals surface area contributed by atoms with Crippen LogP contribution in [-0.4, -0.2) is 30.6 Å². The van der Waals surface area contributed by atoms with E-state index in [4.69, 9.17) is 17.4 Å². The summed E-state index contributed by atoms with van der Waals surface area (Å²) in [6.07, 6.45) is 5.08. The Bertz CT molecular complexity index is 458. The molecule has 2 rings (SSSR count). The third kappa shape index (κ3) is 2.84. The molecule has 5 heteroatoms. The SMILES string of the molecule is CN(C)C1(C(Cc2cccc(Cl)c2F)NN)CCCC1. The van der Waals surface area contributed by atoms with Crippen LogP contribution in [-0.2, 0) is 6.42 Å². The Kier molecular flexibility index (Phi) is 5.02. The van der Waals surface area contributed by atoms with E-state index in [1.54, 1.807) is 18.2 Å². The number of hydrogen-bond acceptors (Lipinski definition) is 3. The number of hydrogen-bond donors (Lipinski definition) is 2. The molecule has 0 heterocycles. The summed E-state index contributed by atoms with van der Waals surface area (Å²) in [6.45, 7) is 0. The van der Waals surface area contributed by atoms with E-state index in [-0.39, 0.29) is 22.4 Å². The topological polar surface area (TPSA) is 41.3 Å². The van der Waals surface area contributed by atoms with Gasteiger partial charge in [-0.15, -0.1) is 0 Å². The van der Waals surface area contributed by atoms with Crippen molar-refractivity contribution in [1.82, 2.24) is 10.3 Å². The third-order valence-electron chi connectivity index (χ3n) is 4.67. The van der Waals surface area contributed by atoms with Crippen molar-refractivity contribution >= 4 is 11.6 Å². The van der Waals surface area contributed by atoms with Gasteiger partial charge in [-0.2, -0.15) is 0 Å². The molecular weight excluding hydrogens is 277 g/mol. The highest BCUT2D eigenvalue weighted by Crippen LogP contribution is 2.38. The van der Waals surface area contributed by atoms with Gasteiger partial charge in [0, 0.05) is 11.6 Å². The minimum atomic E-state index is -0.332. The van der Waals surface area contributed by atoms with Crippen molar-refractivity contribution in [2.24, 2.45) is 5.84 Å². The molecule has 1 saturated carbocycles. The van der Waals surface area contributed by atoms with E-state index in [1.807, 2.05) is 0 Å². The molecule has 3 nitrogen and oxygen atoms in total. The molecule has 1 aromatic carbocycles. The Morgan fingerprint density at radius 1 is 1.40 bits per heavy atom. The summed E-state index contributed by atoms with van der Waals surface area (Å²) in [4.78, 5) is 2.23. The van der Waals surface area contributed by atoms with Gasteiger partial charge in [-0.1, -0.05) is 36.6 Å². The number of hydrazine groups is 1. The largest absolute Gasteiger partial charge is 0.302 e. The van der Waals surface area contributed by atoms with Crippen molar-refractivity contribution in [3.8, 4) is 0 Å². The molecule has 20 heavy (non-hydrogen) atoms. The quantitative estimate of drug-likeness (QED) is 0.649. The highest BCUT2D eigenvalue weighted by atomic mass is 35.5. The van der Waals surface area contributed by atoms with E-state index < -0.39 is 0 Å². The highest BCUT2D eigenvalue weighted by Gasteiger charge is 2.42. The first-order chi connectivity index (χ1) is 9.51. The van der Waals surface area contributed by atoms with Crippen LogP contribution in [0.2, 0.25) is 5.02 Å². The number of nitrogens with one attached hydrogen (secondary N) is 1. The minimum absolute atomic E-state index is 0.00738. The number of nitrogens with two attached hydrogens (primary N) is 1. The van der Waals surface area contributed by atoms with Crippen LogP contribution >= 0.6 is 11.6 Å². The van der Waals surface area contributed by atoms with Gasteiger partial charge in [-0.3, -0.25) is 11.3 Å². The molecule has 0 saturated heterocycles. The molecule has 1 fully saturated rings. The maximum Gasteiger partial charge on any atom is 0.145 e. The second kappa shape index (κ2) is 6.39. The molecule has 3 N–H and O–H groups in total. The first-order valence-electron chi connectivity index (χ1n) is 7.07. The molecule has 1 unspecified atom stereocenters. The van der Waals surface area contributed by atoms with Crippen LogP contribution in [0.25, 0.3) is 0 Å². The summed E-state index contributed by atoms with van der Waals surface area (Å²) in [5.74, 6) is 5.45. The lowest BCUT2D eigenvalue weighted by Crippen LogP contribution is -2.60. The van der Waals surface area contributed by atoms with Gasteiger partial charge in [0.25, 0.3) is 0 Å². The van der Waals surface area contributed by atoms with Crippen LogP contribution < -0.4 is 11.3 Å². The Morgan fingerprint density at radius 3 is 2.60 bits per heavy atom. The van der Waals surface area contributed by atoms with E-state index in [0.717, 1.165) is 12.8 Å². The summed E-state index contributed by atoms with van der Waals surface area (Å²) in [5, 5.41) is 0.170. The average molecular weight is 300 g/mol. The molecule has 0 bridgehead atoms. The molecule has 0 aromatic heterocycles. The van der Waals surface area contributed by atoms with Gasteiger partial charge in [-0.25, -0.2) is 4.39 Å². The first kappa shape index (κ1) is 15.7. The number of nitrogens with zero attached hydrogens (tertiary/aromatic N) is 1. The lowest BCUT2D eigenvalue weighted by atomic mass is 9.83. The summed E-state index contributed by atoms with van der Waals surface area (Å²) < 4.78 is 14.1. The van der Waals surface area contributed by atoms with Gasteiger partial charge in [-0.05, 0) is 45.0 Å². The lowest BCUT2D eigenvalue weighted by molar-refractivity contribution is 0.104. The van der Waals surface area contributed by atoms with E-state index in [2.05, 4.69) is 24.4 Å². The van der Waals surface area contributed by atoms with Crippen molar-refractivity contribution in [2.45, 2.75) is 43.7 Å². The first-order valence-corrected chi connectivity index (χ1v) is 7.45. The van der Waals surface area contributed by atoms with E-state index in [9.17, 15) is 4.39 Å². The normalized spacial score (nSPS) is 19.5. The molecule has 1 atom stereocenters. The maximum atomic E-state index is 14.1. The molecule has 0 radical (unpaired) electrons. The number of rotatable bonds is 5. The smallest absolute Gasteiger partial charge is 0.145 e. The van der Waals surface area contributed by atoms with E-state index >= 15 is 0 Å². The van der Waals surface area contributed by atoms with Gasteiger partial charge in [0.05, 0.1) is 5.02 Å². The van der Waals surface area contributed by atoms with Gasteiger partial charge < -0.3 is 4.90 Å². The van der Waals surface area contributed by atoms with Crippen molar-refractivity contribution in [1.29, 1.82) is 0 Å². The fraction of sp³-hybridized carbons (Fsp3) is 0.600. The van der Waals surface area contributed by atoms with Crippen LogP contribution in [0, 0.1) is 5.82 Å². The fourth-order valence-corrected chi connectivity index (χ4v) is 3.62. The zero-order valence-electron chi connectivity index (χ0n) is 12.1. The predicted octanol–water partition coefficient (Wildman–Crippen LogP) is 2.73. The van der Waals surface area contributed by atoms with Crippen LogP contribution in [0.1, 0.15) is 31.2 Å². The summed E-state index contributed by atoms with van der Waals surface area (Å²) in [5.41, 5.74) is 3.52. The fourth-order valence-electron chi connectivity index (χ4n) is 3.42. The van der Waals surface area contributed by atoms with Crippen LogP contribution in [0.15, 0.2) is 18.2 Å². The second-order valence-corrected chi connectivity index (χ2v) is 6.25. The number of likely N-dealkylation sites (N-methyl/N-ethyl adjacent to an activating group) is 1. The zero-order chi connectivity index (χ0) is 14.8. The van der Waals surface area contributed by atoms with Crippen LogP contribution in [0.4, 0.5) is 4.39 Å². The minimum Gasteiger partial charge on any atom is -0.302 e. The van der Waals surface area contributed by atoms with Crippen LogP contribution in [0.5, 0.6) is 0 Å². The molecular formula is C15H23ClFN3. The lowest BCUT2D eigenvalue weighted by Gasteiger charge is -2.43. The third-order valence-corrected chi connectivity index (χ3v) is 4.96. The average Bonchev–Trinajstić information content (AvgIpc) is 2.91. The molecule has 1 aliphatic rings. The standard InChI is InChI=1S/C15H23ClFN3/c1-20(2)15(8-3-4-9-15)13(19-18)10-11-6-5-7-12(16)14(11)17/h5-7,13,19H,3-4,8-10,18H2,1-2H3. The van der Waals surface area contributed by atoms with Gasteiger partial charge in [0.2, 0.25) is 0 Å². The van der Waals surface area contributed by atoms with Gasteiger partial charge in [0.1, 0.15) is 5.82 Å². The predicted molar refractivity (Wildman–Crippen MR) is 81.1 cm³/mol. The summed E-state index contributed by atoms with van der Waals surface area (Å²) in [7, 11) is 4.15. The molecule has 1 aromatic rings. The van der Waals surface area contributed by atoms with Gasteiger partial charge in [0.15, 0.2) is 0 Å². The Labute approximate surface area is 125 Å². The second-order valence-electron chi connectivity index (χ2n) is 5.84. The van der Waals surface area contributed by atoms with Crippen molar-refractivity contribution in [3.05, 3.63) is 34.6 Å². The summed E-state index contributed by atoms with van der Waals surface area (Å²) >= 11 is 5.86. The summed E-state index contributed by atoms with van der Waals surface area (Å²) in [6, 6.07) is 5.14. The van der Waals surface area contributed by atoms with Crippen molar-refractivity contribution in [3.63, 3.8) is 0 Å². The molecule has 0 amide bonds. The molecule has 112 valence electrons. The molecule has 0 aliphatic heterocycles. The Hall–Kier alpha value is -0.680. The zero-order valence-corrected chi connectivity index (χ0v) is 12.9.